The zero-order valence-electron chi connectivity index (χ0n) is 15.9. The van der Waals surface area contributed by atoms with Gasteiger partial charge in [-0.25, -0.2) is 0 Å². The van der Waals surface area contributed by atoms with Crippen LogP contribution in [0.3, 0.4) is 0 Å². The van der Waals surface area contributed by atoms with E-state index in [0.717, 1.165) is 38.6 Å². The number of amides is 1. The van der Waals surface area contributed by atoms with Gasteiger partial charge in [0.25, 0.3) is 0 Å². The number of halogens is 1. The molecular weight excluding hydrogens is 336 g/mol. The standard InChI is InChI=1S/C19H36N4O.ClH/c1-21-9-7-17(8-10-21)22-11-13-23(14-12-22)19(24)18(20)15-16-5-3-2-4-6-16;/h16-18H,2-15,20H2,1H3;1H/t18-;/m1./s1. The maximum absolute atomic E-state index is 12.7. The number of hydrogen-bond donors (Lipinski definition) is 1. The van der Waals surface area contributed by atoms with E-state index in [-0.39, 0.29) is 24.4 Å². The molecule has 1 amide bonds. The van der Waals surface area contributed by atoms with Gasteiger partial charge in [-0.05, 0) is 45.3 Å². The van der Waals surface area contributed by atoms with Crippen molar-refractivity contribution in [3.63, 3.8) is 0 Å². The number of hydrogen-bond acceptors (Lipinski definition) is 4. The number of piperazine rings is 1. The fourth-order valence-electron chi connectivity index (χ4n) is 4.78. The molecule has 0 aromatic carbocycles. The first-order chi connectivity index (χ1) is 11.6. The third kappa shape index (κ3) is 5.81. The van der Waals surface area contributed by atoms with E-state index in [1.807, 2.05) is 4.90 Å². The van der Waals surface area contributed by atoms with Crippen molar-refractivity contribution in [3.05, 3.63) is 0 Å². The molecule has 0 radical (unpaired) electrons. The molecule has 0 aromatic heterocycles. The number of carbonyl (C=O) groups is 1. The van der Waals surface area contributed by atoms with Crippen LogP contribution in [-0.4, -0.2) is 79.0 Å². The van der Waals surface area contributed by atoms with Gasteiger partial charge < -0.3 is 15.5 Å². The normalized spacial score (nSPS) is 26.2. The molecule has 0 unspecified atom stereocenters. The molecule has 1 saturated carbocycles. The van der Waals surface area contributed by atoms with Crippen molar-refractivity contribution in [1.29, 1.82) is 0 Å². The van der Waals surface area contributed by atoms with Gasteiger partial charge in [0.2, 0.25) is 5.91 Å². The Kier molecular flexibility index (Phi) is 8.46. The van der Waals surface area contributed by atoms with E-state index >= 15 is 0 Å². The topological polar surface area (TPSA) is 52.8 Å². The molecule has 0 bridgehead atoms. The summed E-state index contributed by atoms with van der Waals surface area (Å²) in [6, 6.07) is 0.442. The van der Waals surface area contributed by atoms with Crippen LogP contribution >= 0.6 is 12.4 Å². The number of rotatable bonds is 4. The van der Waals surface area contributed by atoms with E-state index in [4.69, 9.17) is 5.73 Å². The summed E-state index contributed by atoms with van der Waals surface area (Å²) in [6.07, 6.45) is 9.97. The van der Waals surface area contributed by atoms with Crippen molar-refractivity contribution in [3.8, 4) is 0 Å². The summed E-state index contributed by atoms with van der Waals surface area (Å²) in [6.45, 7) is 6.19. The van der Waals surface area contributed by atoms with E-state index in [2.05, 4.69) is 16.8 Å². The number of nitrogens with zero attached hydrogens (tertiary/aromatic N) is 3. The summed E-state index contributed by atoms with van der Waals surface area (Å²) in [5.74, 6) is 0.877. The molecule has 1 aliphatic carbocycles. The van der Waals surface area contributed by atoms with Gasteiger partial charge in [-0.2, -0.15) is 0 Å². The van der Waals surface area contributed by atoms with Crippen molar-refractivity contribution in [2.24, 2.45) is 11.7 Å². The van der Waals surface area contributed by atoms with E-state index in [1.54, 1.807) is 0 Å². The Morgan fingerprint density at radius 1 is 0.960 bits per heavy atom. The highest BCUT2D eigenvalue weighted by molar-refractivity contribution is 5.85. The highest BCUT2D eigenvalue weighted by Gasteiger charge is 2.30. The quantitative estimate of drug-likeness (QED) is 0.819. The SMILES string of the molecule is CN1CCC(N2CCN(C(=O)[C@H](N)CC3CCCCC3)CC2)CC1.Cl. The first-order valence-corrected chi connectivity index (χ1v) is 10.1. The van der Waals surface area contributed by atoms with E-state index in [0.29, 0.717) is 5.92 Å². The monoisotopic (exact) mass is 372 g/mol. The van der Waals surface area contributed by atoms with Gasteiger partial charge in [0.15, 0.2) is 0 Å². The highest BCUT2D eigenvalue weighted by Crippen LogP contribution is 2.27. The summed E-state index contributed by atoms with van der Waals surface area (Å²) in [5, 5.41) is 0. The summed E-state index contributed by atoms with van der Waals surface area (Å²) >= 11 is 0. The molecule has 0 aromatic rings. The molecule has 25 heavy (non-hydrogen) atoms. The Labute approximate surface area is 159 Å². The number of piperidine rings is 1. The van der Waals surface area contributed by atoms with Crippen molar-refractivity contribution >= 4 is 18.3 Å². The van der Waals surface area contributed by atoms with Crippen LogP contribution in [0.5, 0.6) is 0 Å². The molecule has 3 fully saturated rings. The third-order valence-electron chi connectivity index (χ3n) is 6.46. The van der Waals surface area contributed by atoms with Crippen molar-refractivity contribution in [1.82, 2.24) is 14.7 Å². The maximum Gasteiger partial charge on any atom is 0.239 e. The summed E-state index contributed by atoms with van der Waals surface area (Å²) in [5.41, 5.74) is 6.26. The minimum Gasteiger partial charge on any atom is -0.339 e. The van der Waals surface area contributed by atoms with Crippen molar-refractivity contribution in [2.75, 3.05) is 46.3 Å². The third-order valence-corrected chi connectivity index (χ3v) is 6.46. The molecule has 2 aliphatic heterocycles. The van der Waals surface area contributed by atoms with Crippen LogP contribution in [0.15, 0.2) is 0 Å². The van der Waals surface area contributed by atoms with Gasteiger partial charge in [-0.15, -0.1) is 12.4 Å². The van der Waals surface area contributed by atoms with Gasteiger partial charge in [-0.3, -0.25) is 9.69 Å². The first-order valence-electron chi connectivity index (χ1n) is 10.1. The Hall–Kier alpha value is -0.360. The van der Waals surface area contributed by atoms with Gasteiger partial charge in [0.1, 0.15) is 0 Å². The molecule has 6 heteroatoms. The smallest absolute Gasteiger partial charge is 0.239 e. The van der Waals surface area contributed by atoms with Crippen molar-refractivity contribution < 1.29 is 4.79 Å². The van der Waals surface area contributed by atoms with Gasteiger partial charge in [0, 0.05) is 32.2 Å². The first kappa shape index (κ1) is 20.9. The molecule has 2 saturated heterocycles. The Morgan fingerprint density at radius 2 is 1.56 bits per heavy atom. The van der Waals surface area contributed by atoms with Crippen LogP contribution in [0.1, 0.15) is 51.4 Å². The lowest BCUT2D eigenvalue weighted by Crippen LogP contribution is -2.56. The molecule has 146 valence electrons. The molecule has 3 aliphatic rings. The van der Waals surface area contributed by atoms with Crippen LogP contribution < -0.4 is 5.73 Å². The Morgan fingerprint density at radius 3 is 2.16 bits per heavy atom. The second-order valence-corrected chi connectivity index (χ2v) is 8.24. The van der Waals surface area contributed by atoms with E-state index < -0.39 is 0 Å². The minimum absolute atomic E-state index is 0. The van der Waals surface area contributed by atoms with Crippen LogP contribution in [-0.2, 0) is 4.79 Å². The lowest BCUT2D eigenvalue weighted by molar-refractivity contribution is -0.135. The molecule has 2 heterocycles. The van der Waals surface area contributed by atoms with Gasteiger partial charge in [0.05, 0.1) is 6.04 Å². The lowest BCUT2D eigenvalue weighted by Gasteiger charge is -2.42. The summed E-state index contributed by atoms with van der Waals surface area (Å²) < 4.78 is 0. The zero-order chi connectivity index (χ0) is 16.9. The predicted octanol–water partition coefficient (Wildman–Crippen LogP) is 1.94. The molecular formula is C19H37ClN4O. The molecule has 0 spiro atoms. The van der Waals surface area contributed by atoms with Crippen molar-refractivity contribution in [2.45, 2.75) is 63.5 Å². The average Bonchev–Trinajstić information content (AvgIpc) is 2.63. The fraction of sp³-hybridized carbons (Fsp3) is 0.947. The minimum atomic E-state index is -0.275. The molecule has 3 rings (SSSR count). The molecule has 2 N–H and O–H groups in total. The second kappa shape index (κ2) is 10.1. The van der Waals surface area contributed by atoms with Crippen LogP contribution in [0.4, 0.5) is 0 Å². The van der Waals surface area contributed by atoms with E-state index in [9.17, 15) is 4.79 Å². The predicted molar refractivity (Wildman–Crippen MR) is 105 cm³/mol. The second-order valence-electron chi connectivity index (χ2n) is 8.24. The zero-order valence-corrected chi connectivity index (χ0v) is 16.7. The van der Waals surface area contributed by atoms with Gasteiger partial charge >= 0.3 is 0 Å². The number of carbonyl (C=O) groups excluding carboxylic acids is 1. The summed E-state index contributed by atoms with van der Waals surface area (Å²) in [7, 11) is 2.21. The van der Waals surface area contributed by atoms with E-state index in [1.165, 1.54) is 58.0 Å². The van der Waals surface area contributed by atoms with Crippen LogP contribution in [0, 0.1) is 5.92 Å². The number of nitrogens with two attached hydrogens (primary N) is 1. The number of likely N-dealkylation sites (tertiary alicyclic amines) is 1. The molecule has 1 atom stereocenters. The fourth-order valence-corrected chi connectivity index (χ4v) is 4.78. The maximum atomic E-state index is 12.7. The van der Waals surface area contributed by atoms with Crippen LogP contribution in [0.25, 0.3) is 0 Å². The molecule has 5 nitrogen and oxygen atoms in total. The Balaban J connectivity index is 0.00000225. The summed E-state index contributed by atoms with van der Waals surface area (Å²) in [4.78, 5) is 19.7. The Bertz CT molecular complexity index is 400. The van der Waals surface area contributed by atoms with Crippen LogP contribution in [0.2, 0.25) is 0 Å². The van der Waals surface area contributed by atoms with Gasteiger partial charge in [-0.1, -0.05) is 32.1 Å². The largest absolute Gasteiger partial charge is 0.339 e. The lowest BCUT2D eigenvalue weighted by atomic mass is 9.84. The highest BCUT2D eigenvalue weighted by atomic mass is 35.5. The average molecular weight is 373 g/mol.